The van der Waals surface area contributed by atoms with Crippen LogP contribution in [0.1, 0.15) is 44.5 Å². The highest BCUT2D eigenvalue weighted by Crippen LogP contribution is 2.35. The van der Waals surface area contributed by atoms with Gasteiger partial charge < -0.3 is 30.6 Å². The van der Waals surface area contributed by atoms with Gasteiger partial charge in [-0.2, -0.15) is 0 Å². The summed E-state index contributed by atoms with van der Waals surface area (Å²) in [5, 5.41) is 60.6. The van der Waals surface area contributed by atoms with Crippen LogP contribution in [0.4, 0.5) is 0 Å². The fourth-order valence-corrected chi connectivity index (χ4v) is 4.40. The van der Waals surface area contributed by atoms with Gasteiger partial charge in [0, 0.05) is 36.1 Å². The molecule has 6 N–H and O–H groups in total. The predicted octanol–water partition coefficient (Wildman–Crippen LogP) is 5.31. The molecule has 0 saturated heterocycles. The summed E-state index contributed by atoms with van der Waals surface area (Å²) in [5.41, 5.74) is 6.32. The van der Waals surface area contributed by atoms with Crippen LogP contribution in [0.2, 0.25) is 0 Å². The van der Waals surface area contributed by atoms with E-state index in [0.717, 1.165) is 22.3 Å². The smallest absolute Gasteiger partial charge is 0.122 e. The Labute approximate surface area is 203 Å². The first-order valence-electron chi connectivity index (χ1n) is 11.3. The third-order valence-corrected chi connectivity index (χ3v) is 6.62. The maximum absolute atomic E-state index is 10.5. The summed E-state index contributed by atoms with van der Waals surface area (Å²) in [6.45, 7) is 3.85. The van der Waals surface area contributed by atoms with Gasteiger partial charge in [0.2, 0.25) is 0 Å². The Morgan fingerprint density at radius 3 is 1.17 bits per heavy atom. The van der Waals surface area contributed by atoms with Crippen molar-refractivity contribution >= 4 is 0 Å². The summed E-state index contributed by atoms with van der Waals surface area (Å²) in [6, 6.07) is 15.8. The van der Waals surface area contributed by atoms with Gasteiger partial charge in [-0.1, -0.05) is 24.3 Å². The number of hydrogen-bond donors (Lipinski definition) is 6. The average Bonchev–Trinajstić information content (AvgIpc) is 2.80. The number of benzene rings is 4. The van der Waals surface area contributed by atoms with Gasteiger partial charge in [-0.25, -0.2) is 0 Å². The fourth-order valence-electron chi connectivity index (χ4n) is 4.40. The van der Waals surface area contributed by atoms with Crippen LogP contribution >= 0.6 is 0 Å². The molecule has 4 aromatic carbocycles. The Morgan fingerprint density at radius 1 is 0.429 bits per heavy atom. The molecule has 0 saturated carbocycles. The third-order valence-electron chi connectivity index (χ3n) is 6.62. The van der Waals surface area contributed by atoms with Gasteiger partial charge in [-0.15, -0.1) is 0 Å². The van der Waals surface area contributed by atoms with Crippen molar-refractivity contribution in [1.29, 1.82) is 0 Å². The minimum Gasteiger partial charge on any atom is -0.508 e. The first kappa shape index (κ1) is 23.8. The summed E-state index contributed by atoms with van der Waals surface area (Å²) in [5.74, 6) is 0.131. The minimum absolute atomic E-state index is 0.0276. The van der Waals surface area contributed by atoms with Gasteiger partial charge in [0.1, 0.15) is 34.5 Å². The Kier molecular flexibility index (Phi) is 6.47. The third kappa shape index (κ3) is 4.96. The van der Waals surface area contributed by atoms with Gasteiger partial charge in [-0.3, -0.25) is 0 Å². The molecule has 0 bridgehead atoms. The first-order valence-corrected chi connectivity index (χ1v) is 11.3. The number of aromatic hydroxyl groups is 6. The van der Waals surface area contributed by atoms with Gasteiger partial charge >= 0.3 is 0 Å². The van der Waals surface area contributed by atoms with Crippen molar-refractivity contribution in [1.82, 2.24) is 0 Å². The van der Waals surface area contributed by atoms with Crippen molar-refractivity contribution in [2.45, 2.75) is 33.1 Å². The molecule has 0 aromatic heterocycles. The Morgan fingerprint density at radius 2 is 0.800 bits per heavy atom. The van der Waals surface area contributed by atoms with Gasteiger partial charge in [-0.05, 0) is 77.9 Å². The van der Waals surface area contributed by atoms with Crippen LogP contribution in [0.15, 0.2) is 60.7 Å². The van der Waals surface area contributed by atoms with E-state index in [9.17, 15) is 30.6 Å². The van der Waals surface area contributed by atoms with E-state index in [-0.39, 0.29) is 34.5 Å². The lowest BCUT2D eigenvalue weighted by Crippen LogP contribution is -2.02. The molecule has 0 spiro atoms. The monoisotopic (exact) mass is 472 g/mol. The summed E-state index contributed by atoms with van der Waals surface area (Å²) in [4.78, 5) is 0. The molecule has 0 aliphatic heterocycles. The van der Waals surface area contributed by atoms with Crippen molar-refractivity contribution in [2.75, 3.05) is 0 Å². The number of hydrogen-bond acceptors (Lipinski definition) is 6. The molecule has 0 heterocycles. The van der Waals surface area contributed by atoms with Gasteiger partial charge in [0.15, 0.2) is 0 Å². The molecule has 0 unspecified atom stereocenters. The summed E-state index contributed by atoms with van der Waals surface area (Å²) in [7, 11) is 0. The van der Waals surface area contributed by atoms with E-state index < -0.39 is 0 Å². The van der Waals surface area contributed by atoms with Gasteiger partial charge in [0.05, 0.1) is 0 Å². The van der Waals surface area contributed by atoms with E-state index >= 15 is 0 Å². The number of rotatable bonds is 6. The topological polar surface area (TPSA) is 121 Å². The SMILES string of the molecule is Cc1c(Cc2ccc(O)c(Cc3ccc(O)cc3O)c2C)ccc(O)c1Cc1ccc(O)cc1O. The molecule has 6 heteroatoms. The Balaban J connectivity index is 1.66. The molecule has 0 radical (unpaired) electrons. The largest absolute Gasteiger partial charge is 0.508 e. The second-order valence-electron chi connectivity index (χ2n) is 8.85. The number of phenolic OH excluding ortho intramolecular Hbond substituents is 6. The van der Waals surface area contributed by atoms with E-state index in [1.54, 1.807) is 24.3 Å². The zero-order valence-electron chi connectivity index (χ0n) is 19.6. The van der Waals surface area contributed by atoms with Crippen LogP contribution < -0.4 is 0 Å². The molecule has 180 valence electrons. The van der Waals surface area contributed by atoms with Crippen molar-refractivity contribution < 1.29 is 30.6 Å². The van der Waals surface area contributed by atoms with Crippen molar-refractivity contribution in [3.05, 3.63) is 105 Å². The highest BCUT2D eigenvalue weighted by atomic mass is 16.3. The Bertz CT molecular complexity index is 1300. The molecule has 0 amide bonds. The standard InChI is InChI=1S/C29H28O6/c1-16-18(5-9-26(32)24(16)12-20-3-7-22(30)14-28(20)34)11-19-6-10-27(33)25(17(19)2)13-21-4-8-23(31)15-29(21)35/h3-10,14-15,30-35H,11-13H2,1-2H3. The quantitative estimate of drug-likeness (QED) is 0.226. The molecule has 0 atom stereocenters. The van der Waals surface area contributed by atoms with E-state index in [0.29, 0.717) is 41.5 Å². The first-order chi connectivity index (χ1) is 16.6. The normalized spacial score (nSPS) is 11.0. The van der Waals surface area contributed by atoms with Crippen LogP contribution in [0.3, 0.4) is 0 Å². The fraction of sp³-hybridized carbons (Fsp3) is 0.172. The highest BCUT2D eigenvalue weighted by molar-refractivity contribution is 5.53. The molecule has 0 aliphatic rings. The second kappa shape index (κ2) is 9.50. The van der Waals surface area contributed by atoms with E-state index in [1.807, 2.05) is 26.0 Å². The highest BCUT2D eigenvalue weighted by Gasteiger charge is 2.16. The van der Waals surface area contributed by atoms with Gasteiger partial charge in [0.25, 0.3) is 0 Å². The summed E-state index contributed by atoms with van der Waals surface area (Å²) < 4.78 is 0. The molecule has 6 nitrogen and oxygen atoms in total. The molecule has 4 aromatic rings. The van der Waals surface area contributed by atoms with Crippen molar-refractivity contribution in [2.24, 2.45) is 0 Å². The van der Waals surface area contributed by atoms with Crippen LogP contribution in [0.5, 0.6) is 34.5 Å². The predicted molar refractivity (Wildman–Crippen MR) is 134 cm³/mol. The average molecular weight is 473 g/mol. The van der Waals surface area contributed by atoms with Crippen molar-refractivity contribution in [3.63, 3.8) is 0 Å². The van der Waals surface area contributed by atoms with E-state index in [1.165, 1.54) is 24.3 Å². The minimum atomic E-state index is -0.0364. The van der Waals surface area contributed by atoms with Crippen LogP contribution in [0.25, 0.3) is 0 Å². The molecular formula is C29H28O6. The van der Waals surface area contributed by atoms with Crippen LogP contribution in [0, 0.1) is 13.8 Å². The molecule has 0 aliphatic carbocycles. The van der Waals surface area contributed by atoms with Crippen molar-refractivity contribution in [3.8, 4) is 34.5 Å². The zero-order valence-corrected chi connectivity index (χ0v) is 19.6. The maximum Gasteiger partial charge on any atom is 0.122 e. The molecule has 4 rings (SSSR count). The maximum atomic E-state index is 10.5. The number of phenols is 6. The van der Waals surface area contributed by atoms with Crippen LogP contribution in [-0.2, 0) is 19.3 Å². The lowest BCUT2D eigenvalue weighted by Gasteiger charge is -2.17. The molecule has 35 heavy (non-hydrogen) atoms. The van der Waals surface area contributed by atoms with E-state index in [4.69, 9.17) is 0 Å². The summed E-state index contributed by atoms with van der Waals surface area (Å²) in [6.07, 6.45) is 1.16. The lowest BCUT2D eigenvalue weighted by atomic mass is 9.89. The van der Waals surface area contributed by atoms with Crippen LogP contribution in [-0.4, -0.2) is 30.6 Å². The summed E-state index contributed by atoms with van der Waals surface area (Å²) >= 11 is 0. The Hall–Kier alpha value is -4.32. The molecule has 0 fully saturated rings. The molecular weight excluding hydrogens is 444 g/mol. The lowest BCUT2D eigenvalue weighted by molar-refractivity contribution is 0.444. The second-order valence-corrected chi connectivity index (χ2v) is 8.85. The zero-order chi connectivity index (χ0) is 25.3. The van der Waals surface area contributed by atoms with E-state index in [2.05, 4.69) is 0 Å².